The Labute approximate surface area is 134 Å². The standard InChI is InChI=1S/C18H21NO2S/c1-2-21-18(20)19-15-4-5-16(19)11-14(10-15)12-3-6-17-13(9-12)7-8-22-17/h3,6-9,14-16H,2,4-5,10-11H2,1H3. The van der Waals surface area contributed by atoms with Crippen LogP contribution in [0.15, 0.2) is 29.6 Å². The van der Waals surface area contributed by atoms with E-state index in [0.29, 0.717) is 24.6 Å². The number of piperidine rings is 1. The fraction of sp³-hybridized carbons (Fsp3) is 0.500. The molecule has 0 saturated carbocycles. The lowest BCUT2D eigenvalue weighted by Gasteiger charge is -2.38. The molecule has 1 aromatic heterocycles. The molecule has 0 spiro atoms. The summed E-state index contributed by atoms with van der Waals surface area (Å²) in [5.74, 6) is 0.576. The van der Waals surface area contributed by atoms with Crippen LogP contribution >= 0.6 is 11.3 Å². The summed E-state index contributed by atoms with van der Waals surface area (Å²) in [6.07, 6.45) is 4.29. The summed E-state index contributed by atoms with van der Waals surface area (Å²) in [4.78, 5) is 14.2. The summed E-state index contributed by atoms with van der Waals surface area (Å²) < 4.78 is 6.60. The van der Waals surface area contributed by atoms with Crippen molar-refractivity contribution in [1.82, 2.24) is 4.90 Å². The molecule has 3 nitrogen and oxygen atoms in total. The van der Waals surface area contributed by atoms with Gasteiger partial charge in [0.1, 0.15) is 0 Å². The minimum atomic E-state index is -0.110. The van der Waals surface area contributed by atoms with E-state index < -0.39 is 0 Å². The molecule has 2 aliphatic rings. The molecule has 2 atom stereocenters. The molecule has 4 heteroatoms. The van der Waals surface area contributed by atoms with Crippen molar-refractivity contribution in [3.63, 3.8) is 0 Å². The molecule has 0 N–H and O–H groups in total. The van der Waals surface area contributed by atoms with Gasteiger partial charge in [0.2, 0.25) is 0 Å². The summed E-state index contributed by atoms with van der Waals surface area (Å²) in [6.45, 7) is 2.34. The summed E-state index contributed by atoms with van der Waals surface area (Å²) in [7, 11) is 0. The average Bonchev–Trinajstić information content (AvgIpc) is 3.09. The molecule has 1 aromatic carbocycles. The third-order valence-corrected chi connectivity index (χ3v) is 6.06. The SMILES string of the molecule is CCOC(=O)N1C2CCC1CC(c1ccc3sccc3c1)C2. The Balaban J connectivity index is 1.56. The van der Waals surface area contributed by atoms with E-state index in [9.17, 15) is 4.79 Å². The first-order valence-electron chi connectivity index (χ1n) is 8.18. The van der Waals surface area contributed by atoms with Gasteiger partial charge >= 0.3 is 6.09 Å². The van der Waals surface area contributed by atoms with Crippen molar-refractivity contribution in [2.45, 2.75) is 50.6 Å². The summed E-state index contributed by atoms with van der Waals surface area (Å²) in [5, 5.41) is 3.50. The van der Waals surface area contributed by atoms with Crippen LogP contribution in [0.25, 0.3) is 10.1 Å². The third-order valence-electron chi connectivity index (χ3n) is 5.16. The molecular weight excluding hydrogens is 294 g/mol. The van der Waals surface area contributed by atoms with Gasteiger partial charge in [0.05, 0.1) is 6.61 Å². The molecule has 0 aliphatic carbocycles. The van der Waals surface area contributed by atoms with E-state index in [4.69, 9.17) is 4.74 Å². The van der Waals surface area contributed by atoms with E-state index in [2.05, 4.69) is 29.6 Å². The minimum Gasteiger partial charge on any atom is -0.450 e. The number of benzene rings is 1. The maximum atomic E-state index is 12.1. The lowest BCUT2D eigenvalue weighted by atomic mass is 9.85. The van der Waals surface area contributed by atoms with Crippen LogP contribution in [0.1, 0.15) is 44.1 Å². The van der Waals surface area contributed by atoms with Crippen molar-refractivity contribution in [3.8, 4) is 0 Å². The molecule has 2 saturated heterocycles. The molecule has 22 heavy (non-hydrogen) atoms. The van der Waals surface area contributed by atoms with Crippen LogP contribution in [0.4, 0.5) is 4.79 Å². The van der Waals surface area contributed by atoms with Gasteiger partial charge in [0, 0.05) is 16.8 Å². The van der Waals surface area contributed by atoms with Gasteiger partial charge in [-0.25, -0.2) is 4.79 Å². The van der Waals surface area contributed by atoms with Crippen LogP contribution in [-0.4, -0.2) is 29.7 Å². The summed E-state index contributed by atoms with van der Waals surface area (Å²) >= 11 is 1.80. The fourth-order valence-electron chi connectivity index (χ4n) is 4.18. The number of carbonyl (C=O) groups excluding carboxylic acids is 1. The van der Waals surface area contributed by atoms with Crippen molar-refractivity contribution in [2.24, 2.45) is 0 Å². The van der Waals surface area contributed by atoms with Gasteiger partial charge in [-0.15, -0.1) is 11.3 Å². The van der Waals surface area contributed by atoms with E-state index in [1.54, 1.807) is 11.3 Å². The lowest BCUT2D eigenvalue weighted by Crippen LogP contribution is -2.46. The Hall–Kier alpha value is -1.55. The Morgan fingerprint density at radius 1 is 1.27 bits per heavy atom. The van der Waals surface area contributed by atoms with Crippen molar-refractivity contribution in [1.29, 1.82) is 0 Å². The highest BCUT2D eigenvalue weighted by molar-refractivity contribution is 7.17. The Bertz CT molecular complexity index is 681. The van der Waals surface area contributed by atoms with Crippen LogP contribution in [0.3, 0.4) is 0 Å². The lowest BCUT2D eigenvalue weighted by molar-refractivity contribution is 0.0690. The zero-order valence-electron chi connectivity index (χ0n) is 12.8. The zero-order chi connectivity index (χ0) is 15.1. The van der Waals surface area contributed by atoms with Gasteiger partial charge in [-0.1, -0.05) is 12.1 Å². The number of hydrogen-bond donors (Lipinski definition) is 0. The van der Waals surface area contributed by atoms with E-state index in [-0.39, 0.29) is 6.09 Å². The second kappa shape index (κ2) is 5.58. The Morgan fingerprint density at radius 3 is 2.77 bits per heavy atom. The highest BCUT2D eigenvalue weighted by atomic mass is 32.1. The monoisotopic (exact) mass is 315 g/mol. The largest absolute Gasteiger partial charge is 0.450 e. The molecular formula is C18H21NO2S. The number of fused-ring (bicyclic) bond motifs is 3. The van der Waals surface area contributed by atoms with Crippen LogP contribution in [0, 0.1) is 0 Å². The maximum Gasteiger partial charge on any atom is 0.410 e. The number of hydrogen-bond acceptors (Lipinski definition) is 3. The molecule has 2 aromatic rings. The number of rotatable bonds is 2. The van der Waals surface area contributed by atoms with E-state index >= 15 is 0 Å². The van der Waals surface area contributed by atoms with Gasteiger partial charge < -0.3 is 9.64 Å². The van der Waals surface area contributed by atoms with Gasteiger partial charge in [0.15, 0.2) is 0 Å². The fourth-order valence-corrected chi connectivity index (χ4v) is 4.96. The van der Waals surface area contributed by atoms with Crippen molar-refractivity contribution < 1.29 is 9.53 Å². The molecule has 0 radical (unpaired) electrons. The van der Waals surface area contributed by atoms with Crippen LogP contribution < -0.4 is 0 Å². The predicted octanol–water partition coefficient (Wildman–Crippen LogP) is 4.77. The van der Waals surface area contributed by atoms with Crippen LogP contribution in [0.2, 0.25) is 0 Å². The smallest absolute Gasteiger partial charge is 0.410 e. The third kappa shape index (κ3) is 2.30. The van der Waals surface area contributed by atoms with Gasteiger partial charge in [0.25, 0.3) is 0 Å². The average molecular weight is 315 g/mol. The number of nitrogens with zero attached hydrogens (tertiary/aromatic N) is 1. The van der Waals surface area contributed by atoms with Crippen LogP contribution in [0.5, 0.6) is 0 Å². The second-order valence-electron chi connectivity index (χ2n) is 6.38. The molecule has 2 aliphatic heterocycles. The highest BCUT2D eigenvalue weighted by Gasteiger charge is 2.44. The minimum absolute atomic E-state index is 0.110. The number of amides is 1. The Kier molecular flexibility index (Phi) is 3.57. The van der Waals surface area contributed by atoms with E-state index in [1.807, 2.05) is 11.8 Å². The van der Waals surface area contributed by atoms with Crippen LogP contribution in [-0.2, 0) is 4.74 Å². The summed E-state index contributed by atoms with van der Waals surface area (Å²) in [6, 6.07) is 9.79. The Morgan fingerprint density at radius 2 is 2.05 bits per heavy atom. The molecule has 2 fully saturated rings. The molecule has 4 rings (SSSR count). The molecule has 116 valence electrons. The summed E-state index contributed by atoms with van der Waals surface area (Å²) in [5.41, 5.74) is 1.44. The second-order valence-corrected chi connectivity index (χ2v) is 7.33. The molecule has 1 amide bonds. The van der Waals surface area contributed by atoms with Gasteiger partial charge in [-0.3, -0.25) is 0 Å². The van der Waals surface area contributed by atoms with E-state index in [1.165, 1.54) is 15.6 Å². The van der Waals surface area contributed by atoms with Crippen molar-refractivity contribution in [3.05, 3.63) is 35.2 Å². The van der Waals surface area contributed by atoms with E-state index in [0.717, 1.165) is 25.7 Å². The topological polar surface area (TPSA) is 29.5 Å². The molecule has 2 unspecified atom stereocenters. The van der Waals surface area contributed by atoms with Gasteiger partial charge in [-0.05, 0) is 67.0 Å². The predicted molar refractivity (Wildman–Crippen MR) is 89.5 cm³/mol. The first-order valence-corrected chi connectivity index (χ1v) is 9.06. The first kappa shape index (κ1) is 14.1. The first-order chi connectivity index (χ1) is 10.8. The number of thiophene rings is 1. The molecule has 2 bridgehead atoms. The van der Waals surface area contributed by atoms with Gasteiger partial charge in [-0.2, -0.15) is 0 Å². The van der Waals surface area contributed by atoms with Crippen molar-refractivity contribution in [2.75, 3.05) is 6.61 Å². The quantitative estimate of drug-likeness (QED) is 0.799. The number of carbonyl (C=O) groups is 1. The number of ether oxygens (including phenoxy) is 1. The maximum absolute atomic E-state index is 12.1. The van der Waals surface area contributed by atoms with Crippen molar-refractivity contribution >= 4 is 27.5 Å². The highest BCUT2D eigenvalue weighted by Crippen LogP contribution is 2.43. The normalized spacial score (nSPS) is 27.3. The molecule has 3 heterocycles. The zero-order valence-corrected chi connectivity index (χ0v) is 13.6.